The molecule has 5 rings (SSSR count). The molecule has 182 valence electrons. The average Bonchev–Trinajstić information content (AvgIpc) is 3.54. The van der Waals surface area contributed by atoms with Gasteiger partial charge in [0.2, 0.25) is 4.80 Å². The summed E-state index contributed by atoms with van der Waals surface area (Å²) in [6, 6.07) is 21.7. The number of hydrogen-bond donors (Lipinski definition) is 0. The van der Waals surface area contributed by atoms with Crippen molar-refractivity contribution >= 4 is 22.7 Å². The summed E-state index contributed by atoms with van der Waals surface area (Å²) in [6.07, 6.45) is 0. The first-order chi connectivity index (χ1) is 17.3. The van der Waals surface area contributed by atoms with E-state index in [0.29, 0.717) is 22.0 Å². The molecule has 3 heterocycles. The van der Waals surface area contributed by atoms with Crippen molar-refractivity contribution in [1.29, 1.82) is 0 Å². The molecule has 5 aromatic rings. The van der Waals surface area contributed by atoms with Crippen molar-refractivity contribution in [2.24, 2.45) is 17.1 Å². The van der Waals surface area contributed by atoms with Gasteiger partial charge in [0.15, 0.2) is 5.69 Å². The van der Waals surface area contributed by atoms with Crippen LogP contribution in [-0.4, -0.2) is 19.8 Å². The van der Waals surface area contributed by atoms with Gasteiger partial charge in [0, 0.05) is 18.0 Å². The number of aryl methyl sites for hydroxylation is 2. The van der Waals surface area contributed by atoms with Crippen LogP contribution in [0.15, 0.2) is 91.4 Å². The predicted molar refractivity (Wildman–Crippen MR) is 145 cm³/mol. The zero-order chi connectivity index (χ0) is 25.4. The van der Waals surface area contributed by atoms with Gasteiger partial charge >= 0.3 is 0 Å². The van der Waals surface area contributed by atoms with Gasteiger partial charge in [0.1, 0.15) is 17.2 Å². The van der Waals surface area contributed by atoms with Gasteiger partial charge in [-0.3, -0.25) is 9.48 Å². The molecule has 0 atom stereocenters. The van der Waals surface area contributed by atoms with Crippen molar-refractivity contribution in [3.05, 3.63) is 110 Å². The molecule has 0 spiro atoms. The molecular formula is C28H27N5O2S. The predicted octanol–water partition coefficient (Wildman–Crippen LogP) is 5.73. The fraction of sp³-hybridized carbons (Fsp3) is 0.179. The van der Waals surface area contributed by atoms with Crippen LogP contribution < -0.4 is 10.4 Å². The molecule has 2 aromatic carbocycles. The second-order valence-electron chi connectivity index (χ2n) is 8.70. The molecule has 0 amide bonds. The van der Waals surface area contributed by atoms with E-state index in [2.05, 4.69) is 31.2 Å². The number of furan rings is 1. The molecule has 3 aromatic heterocycles. The first kappa shape index (κ1) is 23.6. The minimum Gasteiger partial charge on any atom is -0.460 e. The SMILES string of the molecule is CC(=Nn1c(-c2ccc(C)cc2)csc1=Nc1c(C)n(C)n(-c2ccccc2)c1=O)c1ccc(C)o1. The summed E-state index contributed by atoms with van der Waals surface area (Å²) in [4.78, 5) is 18.9. The standard InChI is InChI=1S/C28H27N5O2S/c1-18-11-14-22(15-12-18)24-17-36-28(32(24)30-20(3)25-16-13-19(2)35-25)29-26-21(4)31(5)33(27(26)34)23-9-7-6-8-10-23/h6-17H,1-5H3. The van der Waals surface area contributed by atoms with E-state index in [1.807, 2.05) is 80.3 Å². The van der Waals surface area contributed by atoms with Crippen LogP contribution in [0.25, 0.3) is 16.9 Å². The van der Waals surface area contributed by atoms with Crippen LogP contribution in [-0.2, 0) is 7.05 Å². The highest BCUT2D eigenvalue weighted by Gasteiger charge is 2.17. The van der Waals surface area contributed by atoms with Gasteiger partial charge in [-0.2, -0.15) is 5.10 Å². The summed E-state index contributed by atoms with van der Waals surface area (Å²) in [7, 11) is 1.87. The van der Waals surface area contributed by atoms with Crippen LogP contribution in [0.4, 0.5) is 5.69 Å². The number of aromatic nitrogens is 3. The Kier molecular flexibility index (Phi) is 6.20. The molecule has 7 nitrogen and oxygen atoms in total. The third-order valence-corrected chi connectivity index (χ3v) is 6.93. The van der Waals surface area contributed by atoms with Crippen LogP contribution in [0.2, 0.25) is 0 Å². The highest BCUT2D eigenvalue weighted by molar-refractivity contribution is 7.07. The van der Waals surface area contributed by atoms with E-state index in [4.69, 9.17) is 14.5 Å². The maximum Gasteiger partial charge on any atom is 0.297 e. The van der Waals surface area contributed by atoms with E-state index < -0.39 is 0 Å². The third-order valence-electron chi connectivity index (χ3n) is 6.11. The second-order valence-corrected chi connectivity index (χ2v) is 9.54. The van der Waals surface area contributed by atoms with Gasteiger partial charge in [0.05, 0.1) is 17.1 Å². The zero-order valence-electron chi connectivity index (χ0n) is 20.9. The van der Waals surface area contributed by atoms with Crippen LogP contribution >= 0.6 is 11.3 Å². The van der Waals surface area contributed by atoms with Gasteiger partial charge in [-0.1, -0.05) is 48.0 Å². The highest BCUT2D eigenvalue weighted by Crippen LogP contribution is 2.23. The van der Waals surface area contributed by atoms with Crippen molar-refractivity contribution in [2.75, 3.05) is 0 Å². The summed E-state index contributed by atoms with van der Waals surface area (Å²) in [5.41, 5.74) is 5.55. The fourth-order valence-electron chi connectivity index (χ4n) is 4.00. The Morgan fingerprint density at radius 3 is 2.33 bits per heavy atom. The molecule has 0 N–H and O–H groups in total. The molecule has 0 aliphatic heterocycles. The maximum atomic E-state index is 13.5. The number of thiazole rings is 1. The normalized spacial score (nSPS) is 12.5. The number of nitrogens with zero attached hydrogens (tertiary/aromatic N) is 5. The first-order valence-electron chi connectivity index (χ1n) is 11.6. The molecule has 0 saturated carbocycles. The summed E-state index contributed by atoms with van der Waals surface area (Å²) >= 11 is 1.44. The van der Waals surface area contributed by atoms with E-state index >= 15 is 0 Å². The molecule has 0 unspecified atom stereocenters. The van der Waals surface area contributed by atoms with E-state index in [0.717, 1.165) is 28.4 Å². The van der Waals surface area contributed by atoms with Crippen molar-refractivity contribution < 1.29 is 4.42 Å². The smallest absolute Gasteiger partial charge is 0.297 e. The topological polar surface area (TPSA) is 69.7 Å². The molecular weight excluding hydrogens is 470 g/mol. The Hall–Kier alpha value is -4.17. The minimum absolute atomic E-state index is 0.180. The molecule has 0 radical (unpaired) electrons. The largest absolute Gasteiger partial charge is 0.460 e. The van der Waals surface area contributed by atoms with E-state index in [1.165, 1.54) is 16.9 Å². The lowest BCUT2D eigenvalue weighted by Gasteiger charge is -2.07. The molecule has 0 aliphatic carbocycles. The number of hydrogen-bond acceptors (Lipinski definition) is 5. The van der Waals surface area contributed by atoms with Crippen molar-refractivity contribution in [3.63, 3.8) is 0 Å². The van der Waals surface area contributed by atoms with E-state index in [-0.39, 0.29) is 5.56 Å². The Morgan fingerprint density at radius 2 is 1.67 bits per heavy atom. The van der Waals surface area contributed by atoms with Crippen molar-refractivity contribution in [2.45, 2.75) is 27.7 Å². The molecule has 36 heavy (non-hydrogen) atoms. The summed E-state index contributed by atoms with van der Waals surface area (Å²) in [5.74, 6) is 1.51. The van der Waals surface area contributed by atoms with Gasteiger partial charge in [-0.15, -0.1) is 11.3 Å². The Morgan fingerprint density at radius 1 is 0.944 bits per heavy atom. The Balaban J connectivity index is 1.72. The number of para-hydroxylation sites is 1. The molecule has 8 heteroatoms. The maximum absolute atomic E-state index is 13.5. The summed E-state index contributed by atoms with van der Waals surface area (Å²) in [5, 5.41) is 6.90. The lowest BCUT2D eigenvalue weighted by atomic mass is 10.1. The molecule has 0 aliphatic rings. The fourth-order valence-corrected chi connectivity index (χ4v) is 4.84. The second kappa shape index (κ2) is 9.47. The van der Waals surface area contributed by atoms with Crippen LogP contribution in [0.5, 0.6) is 0 Å². The van der Waals surface area contributed by atoms with Gasteiger partial charge in [0.25, 0.3) is 5.56 Å². The molecule has 0 fully saturated rings. The number of rotatable bonds is 5. The van der Waals surface area contributed by atoms with Crippen molar-refractivity contribution in [3.8, 4) is 16.9 Å². The lowest BCUT2D eigenvalue weighted by molar-refractivity contribution is 0.524. The number of benzene rings is 2. The minimum atomic E-state index is -0.180. The Labute approximate surface area is 212 Å². The van der Waals surface area contributed by atoms with Crippen LogP contribution in [0.3, 0.4) is 0 Å². The van der Waals surface area contributed by atoms with Gasteiger partial charge in [-0.05, 0) is 52.0 Å². The molecule has 0 bridgehead atoms. The Bertz CT molecular complexity index is 1690. The lowest BCUT2D eigenvalue weighted by Crippen LogP contribution is -2.20. The highest BCUT2D eigenvalue weighted by atomic mass is 32.1. The molecule has 0 saturated heterocycles. The summed E-state index contributed by atoms with van der Waals surface area (Å²) < 4.78 is 11.0. The van der Waals surface area contributed by atoms with Gasteiger partial charge < -0.3 is 4.42 Å². The monoisotopic (exact) mass is 497 g/mol. The van der Waals surface area contributed by atoms with E-state index in [9.17, 15) is 4.79 Å². The summed E-state index contributed by atoms with van der Waals surface area (Å²) in [6.45, 7) is 7.77. The third kappa shape index (κ3) is 4.31. The zero-order valence-corrected chi connectivity index (χ0v) is 21.7. The van der Waals surface area contributed by atoms with Crippen LogP contribution in [0, 0.1) is 20.8 Å². The first-order valence-corrected chi connectivity index (χ1v) is 12.5. The quantitative estimate of drug-likeness (QED) is 0.291. The van der Waals surface area contributed by atoms with Gasteiger partial charge in [-0.25, -0.2) is 14.4 Å². The van der Waals surface area contributed by atoms with E-state index in [1.54, 1.807) is 9.36 Å². The van der Waals surface area contributed by atoms with Crippen molar-refractivity contribution in [1.82, 2.24) is 14.0 Å². The average molecular weight is 498 g/mol. The van der Waals surface area contributed by atoms with Crippen LogP contribution in [0.1, 0.15) is 29.7 Å².